The topological polar surface area (TPSA) is 47.0 Å². The van der Waals surface area contributed by atoms with Crippen molar-refractivity contribution in [2.24, 2.45) is 0 Å². The fraction of sp³-hybridized carbons (Fsp3) is 0.167. The molecule has 8 heteroatoms. The van der Waals surface area contributed by atoms with E-state index in [1.54, 1.807) is 19.1 Å². The third-order valence-electron chi connectivity index (χ3n) is 2.26. The molecule has 0 aliphatic rings. The molecule has 2 rings (SSSR count). The summed E-state index contributed by atoms with van der Waals surface area (Å²) in [4.78, 5) is 7.90. The minimum absolute atomic E-state index is 0.166. The molecule has 0 saturated carbocycles. The van der Waals surface area contributed by atoms with Gasteiger partial charge in [0, 0.05) is 12.3 Å². The Balaban J connectivity index is 2.17. The van der Waals surface area contributed by atoms with Gasteiger partial charge in [0.25, 0.3) is 0 Å². The van der Waals surface area contributed by atoms with Gasteiger partial charge in [0.05, 0.1) is 0 Å². The molecule has 0 amide bonds. The minimum Gasteiger partial charge on any atom is -0.406 e. The van der Waals surface area contributed by atoms with Gasteiger partial charge in [-0.1, -0.05) is 17.7 Å². The standard InChI is InChI=1S/C12H9ClF3N3O/c1-7-2-3-9(19-11(7)13)18-10-6-8(4-5-17-10)20-12(14,15)16/h2-6H,1H3,(H,17,18,19). The zero-order chi connectivity index (χ0) is 14.8. The monoisotopic (exact) mass is 303 g/mol. The fourth-order valence-corrected chi connectivity index (χ4v) is 1.54. The van der Waals surface area contributed by atoms with Crippen molar-refractivity contribution in [3.05, 3.63) is 41.2 Å². The first-order valence-electron chi connectivity index (χ1n) is 5.45. The predicted octanol–water partition coefficient (Wildman–Crippen LogP) is 4.08. The summed E-state index contributed by atoms with van der Waals surface area (Å²) in [5.74, 6) is 0.171. The van der Waals surface area contributed by atoms with Gasteiger partial charge in [0.1, 0.15) is 22.5 Å². The van der Waals surface area contributed by atoms with Crippen LogP contribution in [0.1, 0.15) is 5.56 Å². The normalized spacial score (nSPS) is 11.2. The van der Waals surface area contributed by atoms with Crippen LogP contribution in [0.3, 0.4) is 0 Å². The van der Waals surface area contributed by atoms with Crippen molar-refractivity contribution in [1.29, 1.82) is 0 Å². The van der Waals surface area contributed by atoms with Crippen LogP contribution in [0.5, 0.6) is 5.75 Å². The van der Waals surface area contributed by atoms with E-state index < -0.39 is 6.36 Å². The van der Waals surface area contributed by atoms with E-state index in [1.807, 2.05) is 0 Å². The van der Waals surface area contributed by atoms with Crippen LogP contribution in [0.25, 0.3) is 0 Å². The molecule has 2 aromatic rings. The highest BCUT2D eigenvalue weighted by Gasteiger charge is 2.31. The lowest BCUT2D eigenvalue weighted by molar-refractivity contribution is -0.274. The van der Waals surface area contributed by atoms with Crippen molar-refractivity contribution in [2.75, 3.05) is 5.32 Å². The molecule has 0 aliphatic carbocycles. The van der Waals surface area contributed by atoms with Crippen LogP contribution in [-0.2, 0) is 0 Å². The minimum atomic E-state index is -4.75. The molecule has 1 N–H and O–H groups in total. The highest BCUT2D eigenvalue weighted by atomic mass is 35.5. The van der Waals surface area contributed by atoms with Gasteiger partial charge in [-0.2, -0.15) is 0 Å². The number of nitrogens with one attached hydrogen (secondary N) is 1. The Morgan fingerprint density at radius 1 is 1.20 bits per heavy atom. The van der Waals surface area contributed by atoms with Crippen LogP contribution < -0.4 is 10.1 Å². The molecule has 0 aromatic carbocycles. The Labute approximate surface area is 117 Å². The van der Waals surface area contributed by atoms with E-state index >= 15 is 0 Å². The second kappa shape index (κ2) is 5.54. The molecule has 106 valence electrons. The summed E-state index contributed by atoms with van der Waals surface area (Å²) < 4.78 is 40.1. The van der Waals surface area contributed by atoms with Crippen molar-refractivity contribution in [2.45, 2.75) is 13.3 Å². The Morgan fingerprint density at radius 2 is 1.95 bits per heavy atom. The lowest BCUT2D eigenvalue weighted by Crippen LogP contribution is -2.17. The van der Waals surface area contributed by atoms with E-state index in [4.69, 9.17) is 11.6 Å². The second-order valence-corrected chi connectivity index (χ2v) is 4.21. The first kappa shape index (κ1) is 14.4. The van der Waals surface area contributed by atoms with E-state index in [0.717, 1.165) is 17.7 Å². The fourth-order valence-electron chi connectivity index (χ4n) is 1.38. The van der Waals surface area contributed by atoms with Crippen LogP contribution in [0.15, 0.2) is 30.5 Å². The summed E-state index contributed by atoms with van der Waals surface area (Å²) in [5.41, 5.74) is 0.791. The van der Waals surface area contributed by atoms with Gasteiger partial charge in [0.15, 0.2) is 0 Å². The summed E-state index contributed by atoms with van der Waals surface area (Å²) in [7, 11) is 0. The van der Waals surface area contributed by atoms with Crippen LogP contribution >= 0.6 is 11.6 Å². The molecular weight excluding hydrogens is 295 g/mol. The molecule has 0 atom stereocenters. The van der Waals surface area contributed by atoms with Crippen molar-refractivity contribution < 1.29 is 17.9 Å². The molecule has 0 radical (unpaired) electrons. The lowest BCUT2D eigenvalue weighted by atomic mass is 10.3. The molecule has 4 nitrogen and oxygen atoms in total. The number of hydrogen-bond acceptors (Lipinski definition) is 4. The van der Waals surface area contributed by atoms with Gasteiger partial charge < -0.3 is 10.1 Å². The van der Waals surface area contributed by atoms with Gasteiger partial charge in [-0.3, -0.25) is 0 Å². The van der Waals surface area contributed by atoms with E-state index in [-0.39, 0.29) is 11.6 Å². The number of alkyl halides is 3. The molecule has 2 aromatic heterocycles. The third-order valence-corrected chi connectivity index (χ3v) is 2.64. The maximum absolute atomic E-state index is 12.1. The van der Waals surface area contributed by atoms with Gasteiger partial charge in [0.2, 0.25) is 0 Å². The molecule has 0 fully saturated rings. The number of rotatable bonds is 3. The number of pyridine rings is 2. The number of aryl methyl sites for hydroxylation is 1. The number of nitrogens with zero attached hydrogens (tertiary/aromatic N) is 2. The van der Waals surface area contributed by atoms with Gasteiger partial charge in [-0.25, -0.2) is 9.97 Å². The highest BCUT2D eigenvalue weighted by molar-refractivity contribution is 6.30. The Bertz CT molecular complexity index is 619. The Morgan fingerprint density at radius 3 is 2.60 bits per heavy atom. The summed E-state index contributed by atoms with van der Waals surface area (Å²) in [5, 5.41) is 3.05. The van der Waals surface area contributed by atoms with Crippen molar-refractivity contribution in [3.8, 4) is 5.75 Å². The summed E-state index contributed by atoms with van der Waals surface area (Å²) in [6, 6.07) is 5.59. The molecular formula is C12H9ClF3N3O. The third kappa shape index (κ3) is 3.99. The average molecular weight is 304 g/mol. The Kier molecular flexibility index (Phi) is 3.99. The molecule has 0 unspecified atom stereocenters. The number of ether oxygens (including phenoxy) is 1. The van der Waals surface area contributed by atoms with Crippen molar-refractivity contribution in [1.82, 2.24) is 9.97 Å². The van der Waals surface area contributed by atoms with Gasteiger partial charge in [-0.15, -0.1) is 13.2 Å². The van der Waals surface area contributed by atoms with E-state index in [9.17, 15) is 13.2 Å². The van der Waals surface area contributed by atoms with Crippen molar-refractivity contribution in [3.63, 3.8) is 0 Å². The van der Waals surface area contributed by atoms with Crippen LogP contribution in [0.2, 0.25) is 5.15 Å². The molecule has 0 aliphatic heterocycles. The van der Waals surface area contributed by atoms with Gasteiger partial charge in [-0.05, 0) is 24.6 Å². The first-order chi connectivity index (χ1) is 9.33. The molecule has 20 heavy (non-hydrogen) atoms. The zero-order valence-corrected chi connectivity index (χ0v) is 11.0. The number of aromatic nitrogens is 2. The first-order valence-corrected chi connectivity index (χ1v) is 5.83. The maximum Gasteiger partial charge on any atom is 0.573 e. The SMILES string of the molecule is Cc1ccc(Nc2cc(OC(F)(F)F)ccn2)nc1Cl. The molecule has 0 saturated heterocycles. The van der Waals surface area contributed by atoms with E-state index in [2.05, 4.69) is 20.0 Å². The van der Waals surface area contributed by atoms with Crippen LogP contribution in [0, 0.1) is 6.92 Å². The number of hydrogen-bond donors (Lipinski definition) is 1. The highest BCUT2D eigenvalue weighted by Crippen LogP contribution is 2.25. The number of anilines is 2. The lowest BCUT2D eigenvalue weighted by Gasteiger charge is -2.10. The molecule has 0 spiro atoms. The maximum atomic E-state index is 12.1. The summed E-state index contributed by atoms with van der Waals surface area (Å²) in [6.45, 7) is 1.79. The van der Waals surface area contributed by atoms with Crippen LogP contribution in [-0.4, -0.2) is 16.3 Å². The Hall–Kier alpha value is -2.02. The number of halogens is 4. The zero-order valence-electron chi connectivity index (χ0n) is 10.2. The second-order valence-electron chi connectivity index (χ2n) is 3.85. The summed E-state index contributed by atoms with van der Waals surface area (Å²) in [6.07, 6.45) is -3.55. The van der Waals surface area contributed by atoms with E-state index in [0.29, 0.717) is 11.0 Å². The quantitative estimate of drug-likeness (QED) is 0.868. The smallest absolute Gasteiger partial charge is 0.406 e. The van der Waals surface area contributed by atoms with Crippen LogP contribution in [0.4, 0.5) is 24.8 Å². The molecule has 2 heterocycles. The largest absolute Gasteiger partial charge is 0.573 e. The summed E-state index contributed by atoms with van der Waals surface area (Å²) >= 11 is 5.85. The predicted molar refractivity (Wildman–Crippen MR) is 68.2 cm³/mol. The average Bonchev–Trinajstić information content (AvgIpc) is 2.32. The van der Waals surface area contributed by atoms with E-state index in [1.165, 1.54) is 6.20 Å². The molecule has 0 bridgehead atoms. The van der Waals surface area contributed by atoms with Crippen molar-refractivity contribution >= 4 is 23.2 Å². The van der Waals surface area contributed by atoms with Gasteiger partial charge >= 0.3 is 6.36 Å².